The van der Waals surface area contributed by atoms with E-state index in [1.54, 1.807) is 7.11 Å². The fourth-order valence-electron chi connectivity index (χ4n) is 2.04. The monoisotopic (exact) mass is 413 g/mol. The molecule has 0 aliphatic rings. The normalized spacial score (nSPS) is 10.5. The van der Waals surface area contributed by atoms with Crippen molar-refractivity contribution >= 4 is 31.9 Å². The molecule has 0 fully saturated rings. The molecule has 3 nitrogen and oxygen atoms in total. The molecule has 0 heterocycles. The van der Waals surface area contributed by atoms with Gasteiger partial charge in [-0.05, 0) is 87.1 Å². The van der Waals surface area contributed by atoms with Crippen molar-refractivity contribution in [1.29, 1.82) is 0 Å². The van der Waals surface area contributed by atoms with E-state index in [0.29, 0.717) is 6.54 Å². The van der Waals surface area contributed by atoms with Crippen LogP contribution in [0.25, 0.3) is 0 Å². The Morgan fingerprint density at radius 2 is 1.71 bits per heavy atom. The number of ether oxygens (including phenoxy) is 2. The van der Waals surface area contributed by atoms with Crippen LogP contribution in [0.4, 0.5) is 0 Å². The number of rotatable bonds is 5. The Morgan fingerprint density at radius 1 is 1.05 bits per heavy atom. The lowest BCUT2D eigenvalue weighted by molar-refractivity contribution is 0.409. The summed E-state index contributed by atoms with van der Waals surface area (Å²) >= 11 is 6.96. The molecule has 0 saturated heterocycles. The number of aryl methyl sites for hydroxylation is 1. The summed E-state index contributed by atoms with van der Waals surface area (Å²) in [6, 6.07) is 9.79. The second kappa shape index (κ2) is 7.29. The highest BCUT2D eigenvalue weighted by molar-refractivity contribution is 9.11. The summed E-state index contributed by atoms with van der Waals surface area (Å²) in [7, 11) is 1.63. The maximum Gasteiger partial charge on any atom is 0.143 e. The van der Waals surface area contributed by atoms with Crippen LogP contribution < -0.4 is 15.2 Å². The minimum absolute atomic E-state index is 0.651. The van der Waals surface area contributed by atoms with E-state index in [0.717, 1.165) is 32.6 Å². The minimum Gasteiger partial charge on any atom is -0.496 e. The van der Waals surface area contributed by atoms with E-state index in [9.17, 15) is 0 Å². The average Bonchev–Trinajstić information content (AvgIpc) is 2.45. The van der Waals surface area contributed by atoms with Gasteiger partial charge in [-0.1, -0.05) is 6.07 Å². The fraction of sp³-hybridized carbons (Fsp3) is 0.250. The van der Waals surface area contributed by atoms with E-state index < -0.39 is 0 Å². The van der Waals surface area contributed by atoms with Crippen LogP contribution in [0.3, 0.4) is 0 Å². The van der Waals surface area contributed by atoms with Crippen LogP contribution in [0.5, 0.6) is 17.2 Å². The molecule has 0 saturated carbocycles. The van der Waals surface area contributed by atoms with E-state index >= 15 is 0 Å². The Hall–Kier alpha value is -1.04. The highest BCUT2D eigenvalue weighted by atomic mass is 79.9. The van der Waals surface area contributed by atoms with Gasteiger partial charge in [0.25, 0.3) is 0 Å². The van der Waals surface area contributed by atoms with Crippen LogP contribution in [0.15, 0.2) is 39.3 Å². The summed E-state index contributed by atoms with van der Waals surface area (Å²) in [5.41, 5.74) is 8.03. The third-order valence-electron chi connectivity index (χ3n) is 3.16. The molecular weight excluding hydrogens is 398 g/mol. The average molecular weight is 415 g/mol. The zero-order valence-electron chi connectivity index (χ0n) is 12.0. The quantitative estimate of drug-likeness (QED) is 0.762. The molecule has 112 valence electrons. The first-order valence-electron chi connectivity index (χ1n) is 6.55. The van der Waals surface area contributed by atoms with Gasteiger partial charge in [0, 0.05) is 0 Å². The van der Waals surface area contributed by atoms with Gasteiger partial charge >= 0.3 is 0 Å². The number of hydrogen-bond acceptors (Lipinski definition) is 3. The van der Waals surface area contributed by atoms with E-state index in [-0.39, 0.29) is 0 Å². The van der Waals surface area contributed by atoms with Crippen LogP contribution >= 0.6 is 31.9 Å². The van der Waals surface area contributed by atoms with Crippen molar-refractivity contribution in [1.82, 2.24) is 0 Å². The first kappa shape index (κ1) is 16.3. The molecule has 0 atom stereocenters. The van der Waals surface area contributed by atoms with Gasteiger partial charge in [0.15, 0.2) is 0 Å². The van der Waals surface area contributed by atoms with Gasteiger partial charge in [0.05, 0.1) is 16.1 Å². The van der Waals surface area contributed by atoms with Crippen LogP contribution in [-0.2, 0) is 6.42 Å². The summed E-state index contributed by atoms with van der Waals surface area (Å²) in [5, 5.41) is 0. The van der Waals surface area contributed by atoms with E-state index in [1.807, 2.05) is 24.3 Å². The molecular formula is C16H17Br2NO2. The van der Waals surface area contributed by atoms with Crippen molar-refractivity contribution < 1.29 is 9.47 Å². The van der Waals surface area contributed by atoms with Gasteiger partial charge in [-0.2, -0.15) is 0 Å². The van der Waals surface area contributed by atoms with Crippen molar-refractivity contribution in [3.8, 4) is 17.2 Å². The molecule has 0 unspecified atom stereocenters. The molecule has 0 spiro atoms. The molecule has 0 aliphatic heterocycles. The molecule has 21 heavy (non-hydrogen) atoms. The standard InChI is InChI=1S/C16H17Br2NO2/c1-10-7-12(4-3-11(10)5-6-19)21-16-9-13(17)15(20-2)8-14(16)18/h3-4,7-9H,5-6,19H2,1-2H3. The molecule has 0 bridgehead atoms. The topological polar surface area (TPSA) is 44.5 Å². The van der Waals surface area contributed by atoms with E-state index in [1.165, 1.54) is 11.1 Å². The number of hydrogen-bond donors (Lipinski definition) is 1. The summed E-state index contributed by atoms with van der Waals surface area (Å²) in [5.74, 6) is 2.28. The van der Waals surface area contributed by atoms with Crippen molar-refractivity contribution in [2.75, 3.05) is 13.7 Å². The molecule has 2 aromatic carbocycles. The Labute approximate surface area is 141 Å². The molecule has 0 radical (unpaired) electrons. The molecule has 0 aliphatic carbocycles. The lowest BCUT2D eigenvalue weighted by Gasteiger charge is -2.12. The number of benzene rings is 2. The second-order valence-corrected chi connectivity index (χ2v) is 6.35. The Morgan fingerprint density at radius 3 is 2.33 bits per heavy atom. The van der Waals surface area contributed by atoms with Gasteiger partial charge in [-0.25, -0.2) is 0 Å². The molecule has 2 aromatic rings. The van der Waals surface area contributed by atoms with Crippen molar-refractivity contribution in [3.63, 3.8) is 0 Å². The molecule has 2 N–H and O–H groups in total. The SMILES string of the molecule is COc1cc(Br)c(Oc2ccc(CCN)c(C)c2)cc1Br. The summed E-state index contributed by atoms with van der Waals surface area (Å²) in [6.45, 7) is 2.72. The Balaban J connectivity index is 2.26. The highest BCUT2D eigenvalue weighted by Gasteiger charge is 2.10. The number of halogens is 2. The zero-order valence-corrected chi connectivity index (χ0v) is 15.1. The van der Waals surface area contributed by atoms with Gasteiger partial charge in [-0.3, -0.25) is 0 Å². The van der Waals surface area contributed by atoms with Gasteiger partial charge < -0.3 is 15.2 Å². The molecule has 0 amide bonds. The van der Waals surface area contributed by atoms with Gasteiger partial charge in [0.1, 0.15) is 17.2 Å². The van der Waals surface area contributed by atoms with Crippen molar-refractivity contribution in [2.24, 2.45) is 5.73 Å². The number of nitrogens with two attached hydrogens (primary N) is 1. The first-order valence-corrected chi connectivity index (χ1v) is 8.14. The van der Waals surface area contributed by atoms with Crippen LogP contribution in [0.1, 0.15) is 11.1 Å². The van der Waals surface area contributed by atoms with Crippen molar-refractivity contribution in [2.45, 2.75) is 13.3 Å². The zero-order chi connectivity index (χ0) is 15.4. The van der Waals surface area contributed by atoms with Crippen LogP contribution in [0.2, 0.25) is 0 Å². The molecule has 2 rings (SSSR count). The van der Waals surface area contributed by atoms with Crippen LogP contribution in [0, 0.1) is 6.92 Å². The largest absolute Gasteiger partial charge is 0.496 e. The lowest BCUT2D eigenvalue weighted by atomic mass is 10.1. The van der Waals surface area contributed by atoms with Crippen LogP contribution in [-0.4, -0.2) is 13.7 Å². The Kier molecular flexibility index (Phi) is 5.67. The Bertz CT molecular complexity index is 644. The summed E-state index contributed by atoms with van der Waals surface area (Å²) < 4.78 is 12.9. The first-order chi connectivity index (χ1) is 10.0. The smallest absolute Gasteiger partial charge is 0.143 e. The second-order valence-electron chi connectivity index (χ2n) is 4.65. The third-order valence-corrected chi connectivity index (χ3v) is 4.40. The maximum atomic E-state index is 5.94. The van der Waals surface area contributed by atoms with Gasteiger partial charge in [-0.15, -0.1) is 0 Å². The minimum atomic E-state index is 0.651. The lowest BCUT2D eigenvalue weighted by Crippen LogP contribution is -2.04. The molecule has 0 aromatic heterocycles. The number of methoxy groups -OCH3 is 1. The van der Waals surface area contributed by atoms with Crippen molar-refractivity contribution in [3.05, 3.63) is 50.4 Å². The maximum absolute atomic E-state index is 5.94. The predicted octanol–water partition coefficient (Wildman–Crippen LogP) is 4.82. The molecule has 5 heteroatoms. The highest BCUT2D eigenvalue weighted by Crippen LogP contribution is 2.38. The summed E-state index contributed by atoms with van der Waals surface area (Å²) in [4.78, 5) is 0. The third kappa shape index (κ3) is 3.99. The van der Waals surface area contributed by atoms with E-state index in [4.69, 9.17) is 15.2 Å². The summed E-state index contributed by atoms with van der Waals surface area (Å²) in [6.07, 6.45) is 0.879. The fourth-order valence-corrected chi connectivity index (χ4v) is 2.93. The predicted molar refractivity (Wildman–Crippen MR) is 92.4 cm³/mol. The van der Waals surface area contributed by atoms with Gasteiger partial charge in [0.2, 0.25) is 0 Å². The van der Waals surface area contributed by atoms with E-state index in [2.05, 4.69) is 44.8 Å².